The fraction of sp³-hybridized carbons (Fsp3) is 0.636. The van der Waals surface area contributed by atoms with Crippen molar-refractivity contribution in [3.63, 3.8) is 0 Å². The van der Waals surface area contributed by atoms with Crippen LogP contribution in [0.4, 0.5) is 0 Å². The van der Waals surface area contributed by atoms with E-state index in [4.69, 9.17) is 4.74 Å². The molecule has 94 valence electrons. The number of hydrogen-bond donors (Lipinski definition) is 2. The number of amides is 1. The van der Waals surface area contributed by atoms with Gasteiger partial charge in [0.15, 0.2) is 0 Å². The highest BCUT2D eigenvalue weighted by molar-refractivity contribution is 7.09. The number of nitrogens with zero attached hydrogens (tertiary/aromatic N) is 1. The molecule has 0 atom stereocenters. The molecule has 2 heterocycles. The first-order valence-corrected chi connectivity index (χ1v) is 6.47. The van der Waals surface area contributed by atoms with Gasteiger partial charge in [-0.3, -0.25) is 4.79 Å². The van der Waals surface area contributed by atoms with Crippen molar-refractivity contribution in [2.24, 2.45) is 0 Å². The zero-order chi connectivity index (χ0) is 12.3. The molecule has 2 N–H and O–H groups in total. The zero-order valence-corrected chi connectivity index (χ0v) is 10.9. The molecule has 0 unspecified atom stereocenters. The Morgan fingerprint density at radius 3 is 3.00 bits per heavy atom. The van der Waals surface area contributed by atoms with E-state index in [2.05, 4.69) is 15.6 Å². The number of thiazole rings is 1. The van der Waals surface area contributed by atoms with Crippen LogP contribution in [0.2, 0.25) is 0 Å². The Morgan fingerprint density at radius 2 is 2.47 bits per heavy atom. The fourth-order valence-electron chi connectivity index (χ4n) is 1.54. The van der Waals surface area contributed by atoms with Crippen LogP contribution in [0, 0.1) is 6.92 Å². The van der Waals surface area contributed by atoms with Crippen molar-refractivity contribution in [2.75, 3.05) is 19.7 Å². The number of rotatable bonds is 5. The normalized spacial score (nSPS) is 17.5. The predicted molar refractivity (Wildman–Crippen MR) is 65.9 cm³/mol. The van der Waals surface area contributed by atoms with Crippen molar-refractivity contribution in [3.05, 3.63) is 16.1 Å². The summed E-state index contributed by atoms with van der Waals surface area (Å²) >= 11 is 1.55. The van der Waals surface area contributed by atoms with E-state index in [-0.39, 0.29) is 18.1 Å². The molecule has 17 heavy (non-hydrogen) atoms. The van der Waals surface area contributed by atoms with Crippen molar-refractivity contribution in [1.29, 1.82) is 0 Å². The summed E-state index contributed by atoms with van der Waals surface area (Å²) in [5.74, 6) is -0.0778. The smallest absolute Gasteiger partial charge is 0.246 e. The third-order valence-electron chi connectivity index (χ3n) is 2.84. The van der Waals surface area contributed by atoms with Crippen LogP contribution in [0.5, 0.6) is 0 Å². The number of aromatic nitrogens is 1. The van der Waals surface area contributed by atoms with Gasteiger partial charge in [0.1, 0.15) is 6.61 Å². The van der Waals surface area contributed by atoms with Crippen molar-refractivity contribution in [2.45, 2.75) is 26.0 Å². The second-order valence-electron chi connectivity index (χ2n) is 4.48. The lowest BCUT2D eigenvalue weighted by atomic mass is 10.0. The van der Waals surface area contributed by atoms with Gasteiger partial charge in [0.05, 0.1) is 23.4 Å². The van der Waals surface area contributed by atoms with E-state index in [1.807, 2.05) is 13.8 Å². The Bertz CT molecular complexity index is 401. The lowest BCUT2D eigenvalue weighted by molar-refractivity contribution is -0.135. The molecule has 6 heteroatoms. The number of carbonyl (C=O) groups is 1. The summed E-state index contributed by atoms with van der Waals surface area (Å²) in [4.78, 5) is 16.8. The lowest BCUT2D eigenvalue weighted by Crippen LogP contribution is -2.59. The number of carbonyl (C=O) groups excluding carboxylic acids is 1. The van der Waals surface area contributed by atoms with Crippen molar-refractivity contribution < 1.29 is 9.53 Å². The SMILES string of the molecule is Cc1ncsc1CNC(=O)COC1(C)CNC1. The van der Waals surface area contributed by atoms with Gasteiger partial charge in [0.25, 0.3) is 0 Å². The van der Waals surface area contributed by atoms with E-state index in [1.165, 1.54) is 0 Å². The third kappa shape index (κ3) is 3.24. The molecule has 1 saturated heterocycles. The Kier molecular flexibility index (Phi) is 3.76. The summed E-state index contributed by atoms with van der Waals surface area (Å²) < 4.78 is 5.54. The molecule has 0 spiro atoms. The Morgan fingerprint density at radius 1 is 1.71 bits per heavy atom. The fourth-order valence-corrected chi connectivity index (χ4v) is 2.26. The average Bonchev–Trinajstić information content (AvgIpc) is 2.67. The quantitative estimate of drug-likeness (QED) is 0.801. The summed E-state index contributed by atoms with van der Waals surface area (Å²) in [7, 11) is 0. The molecule has 1 aromatic heterocycles. The van der Waals surface area contributed by atoms with Crippen molar-refractivity contribution >= 4 is 17.2 Å². The first-order valence-electron chi connectivity index (χ1n) is 5.59. The number of ether oxygens (including phenoxy) is 1. The monoisotopic (exact) mass is 255 g/mol. The van der Waals surface area contributed by atoms with E-state index in [9.17, 15) is 4.79 Å². The molecular formula is C11H17N3O2S. The van der Waals surface area contributed by atoms with Gasteiger partial charge in [-0.1, -0.05) is 0 Å². The van der Waals surface area contributed by atoms with Crippen LogP contribution >= 0.6 is 11.3 Å². The summed E-state index contributed by atoms with van der Waals surface area (Å²) in [6.07, 6.45) is 0. The molecule has 1 aliphatic heterocycles. The maximum atomic E-state index is 11.6. The first kappa shape index (κ1) is 12.5. The summed E-state index contributed by atoms with van der Waals surface area (Å²) in [5, 5.41) is 5.96. The second kappa shape index (κ2) is 5.12. The minimum absolute atomic E-state index is 0.0778. The van der Waals surface area contributed by atoms with Gasteiger partial charge in [-0.25, -0.2) is 4.98 Å². The average molecular weight is 255 g/mol. The maximum Gasteiger partial charge on any atom is 0.246 e. The molecule has 1 fully saturated rings. The molecule has 2 rings (SSSR count). The van der Waals surface area contributed by atoms with Gasteiger partial charge in [-0.15, -0.1) is 11.3 Å². The molecule has 1 amide bonds. The van der Waals surface area contributed by atoms with Gasteiger partial charge in [-0.05, 0) is 13.8 Å². The first-order chi connectivity index (χ1) is 8.09. The van der Waals surface area contributed by atoms with E-state index < -0.39 is 0 Å². The lowest BCUT2D eigenvalue weighted by Gasteiger charge is -2.38. The van der Waals surface area contributed by atoms with Crippen LogP contribution in [-0.2, 0) is 16.1 Å². The summed E-state index contributed by atoms with van der Waals surface area (Å²) in [6.45, 7) is 6.23. The van der Waals surface area contributed by atoms with Gasteiger partial charge >= 0.3 is 0 Å². The number of aryl methyl sites for hydroxylation is 1. The van der Waals surface area contributed by atoms with E-state index in [1.54, 1.807) is 16.8 Å². The van der Waals surface area contributed by atoms with Crippen molar-refractivity contribution in [3.8, 4) is 0 Å². The van der Waals surface area contributed by atoms with Crippen LogP contribution in [0.25, 0.3) is 0 Å². The second-order valence-corrected chi connectivity index (χ2v) is 5.42. The minimum atomic E-state index is -0.169. The van der Waals surface area contributed by atoms with Crippen LogP contribution < -0.4 is 10.6 Å². The van der Waals surface area contributed by atoms with Crippen LogP contribution in [-0.4, -0.2) is 36.2 Å². The molecular weight excluding hydrogens is 238 g/mol. The molecule has 0 bridgehead atoms. The van der Waals surface area contributed by atoms with E-state index >= 15 is 0 Å². The standard InChI is InChI=1S/C11H17N3O2S/c1-8-9(17-7-14-8)3-13-10(15)4-16-11(2)5-12-6-11/h7,12H,3-6H2,1-2H3,(H,13,15). The largest absolute Gasteiger partial charge is 0.363 e. The highest BCUT2D eigenvalue weighted by Gasteiger charge is 2.32. The van der Waals surface area contributed by atoms with Crippen molar-refractivity contribution in [1.82, 2.24) is 15.6 Å². The molecule has 1 aromatic rings. The van der Waals surface area contributed by atoms with Gasteiger partial charge in [0.2, 0.25) is 5.91 Å². The number of hydrogen-bond acceptors (Lipinski definition) is 5. The molecule has 0 saturated carbocycles. The van der Waals surface area contributed by atoms with E-state index in [0.29, 0.717) is 6.54 Å². The van der Waals surface area contributed by atoms with Crippen LogP contribution in [0.3, 0.4) is 0 Å². The van der Waals surface area contributed by atoms with Gasteiger partial charge in [-0.2, -0.15) is 0 Å². The highest BCUT2D eigenvalue weighted by atomic mass is 32.1. The Hall–Kier alpha value is -0.980. The molecule has 1 aliphatic rings. The molecule has 5 nitrogen and oxygen atoms in total. The highest BCUT2D eigenvalue weighted by Crippen LogP contribution is 2.15. The number of nitrogens with one attached hydrogen (secondary N) is 2. The van der Waals surface area contributed by atoms with Gasteiger partial charge in [0, 0.05) is 18.0 Å². The maximum absolute atomic E-state index is 11.6. The van der Waals surface area contributed by atoms with Crippen LogP contribution in [0.15, 0.2) is 5.51 Å². The third-order valence-corrected chi connectivity index (χ3v) is 3.78. The van der Waals surface area contributed by atoms with Crippen LogP contribution in [0.1, 0.15) is 17.5 Å². The Labute approximate surface area is 105 Å². The molecule has 0 aliphatic carbocycles. The topological polar surface area (TPSA) is 63.2 Å². The van der Waals surface area contributed by atoms with Gasteiger partial charge < -0.3 is 15.4 Å². The molecule has 0 radical (unpaired) electrons. The zero-order valence-electron chi connectivity index (χ0n) is 10.1. The van der Waals surface area contributed by atoms with E-state index in [0.717, 1.165) is 23.7 Å². The minimum Gasteiger partial charge on any atom is -0.363 e. The summed E-state index contributed by atoms with van der Waals surface area (Å²) in [6, 6.07) is 0. The summed E-state index contributed by atoms with van der Waals surface area (Å²) in [5.41, 5.74) is 2.60. The molecule has 0 aromatic carbocycles. The Balaban J connectivity index is 1.69. The predicted octanol–water partition coefficient (Wildman–Crippen LogP) is 0.446.